The Morgan fingerprint density at radius 3 is 2.52 bits per heavy atom. The van der Waals surface area contributed by atoms with Gasteiger partial charge in [0, 0.05) is 42.4 Å². The predicted molar refractivity (Wildman–Crippen MR) is 126 cm³/mol. The number of allylic oxidation sites excluding steroid dienone is 1. The van der Waals surface area contributed by atoms with Crippen LogP contribution in [-0.2, 0) is 27.3 Å². The molecule has 2 aromatic rings. The molecule has 1 aliphatic carbocycles. The van der Waals surface area contributed by atoms with Crippen molar-refractivity contribution in [1.29, 1.82) is 0 Å². The number of fused-ring (bicyclic) bond motifs is 1. The molecule has 0 bridgehead atoms. The van der Waals surface area contributed by atoms with Gasteiger partial charge in [-0.25, -0.2) is 9.18 Å². The van der Waals surface area contributed by atoms with Crippen LogP contribution in [0.4, 0.5) is 4.39 Å². The third kappa shape index (κ3) is 7.07. The lowest BCUT2D eigenvalue weighted by atomic mass is 9.95. The Morgan fingerprint density at radius 1 is 1.27 bits per heavy atom. The van der Waals surface area contributed by atoms with E-state index in [4.69, 9.17) is 9.84 Å². The number of halogens is 1. The largest absolute Gasteiger partial charge is 0.478 e. The zero-order valence-electron chi connectivity index (χ0n) is 18.0. The van der Waals surface area contributed by atoms with Gasteiger partial charge in [-0.2, -0.15) is 0 Å². The number of ether oxygens (including phenoxy) is 1. The van der Waals surface area contributed by atoms with Crippen molar-refractivity contribution in [2.24, 2.45) is 5.92 Å². The van der Waals surface area contributed by atoms with E-state index in [0.717, 1.165) is 30.9 Å². The summed E-state index contributed by atoms with van der Waals surface area (Å²) >= 11 is 1.47. The van der Waals surface area contributed by atoms with Crippen LogP contribution in [0.25, 0.3) is 0 Å². The summed E-state index contributed by atoms with van der Waals surface area (Å²) in [7, 11) is 0. The zero-order valence-corrected chi connectivity index (χ0v) is 18.9. The molecule has 1 unspecified atom stereocenters. The number of carboxylic acid groups (broad SMARTS) is 1. The molecule has 0 radical (unpaired) electrons. The van der Waals surface area contributed by atoms with Crippen LogP contribution < -0.4 is 4.74 Å². The van der Waals surface area contributed by atoms with E-state index in [1.165, 1.54) is 35.3 Å². The van der Waals surface area contributed by atoms with E-state index in [9.17, 15) is 18.8 Å². The molecule has 1 aromatic heterocycles. The number of carbonyl (C=O) groups excluding carboxylic acids is 2. The Hall–Kier alpha value is -2.84. The summed E-state index contributed by atoms with van der Waals surface area (Å²) in [6.07, 6.45) is 5.13. The summed E-state index contributed by atoms with van der Waals surface area (Å²) < 4.78 is 19.6. The molecule has 178 valence electrons. The second kappa shape index (κ2) is 11.9. The first-order valence-corrected chi connectivity index (χ1v) is 11.3. The van der Waals surface area contributed by atoms with Crippen molar-refractivity contribution in [3.8, 4) is 5.06 Å². The number of hydrogen-bond acceptors (Lipinski definition) is 6. The summed E-state index contributed by atoms with van der Waals surface area (Å²) in [6.45, 7) is 4.29. The van der Waals surface area contributed by atoms with Crippen molar-refractivity contribution in [1.82, 2.24) is 4.90 Å². The highest BCUT2D eigenvalue weighted by atomic mass is 32.1. The second-order valence-corrected chi connectivity index (χ2v) is 8.87. The van der Waals surface area contributed by atoms with Gasteiger partial charge in [0.05, 0.1) is 6.04 Å². The number of esters is 1. The van der Waals surface area contributed by atoms with Gasteiger partial charge in [-0.3, -0.25) is 14.5 Å². The smallest absolute Gasteiger partial charge is 0.327 e. The van der Waals surface area contributed by atoms with Gasteiger partial charge in [-0.05, 0) is 43.9 Å². The maximum Gasteiger partial charge on any atom is 0.327 e. The Balaban J connectivity index is 0.000000491. The minimum absolute atomic E-state index is 0. The molecule has 2 heterocycles. The first kappa shape index (κ1) is 26.4. The Kier molecular flexibility index (Phi) is 9.49. The van der Waals surface area contributed by atoms with Crippen molar-refractivity contribution in [3.63, 3.8) is 0 Å². The number of ketones is 1. The van der Waals surface area contributed by atoms with Gasteiger partial charge in [-0.1, -0.05) is 31.7 Å². The van der Waals surface area contributed by atoms with E-state index in [1.807, 2.05) is 6.07 Å². The summed E-state index contributed by atoms with van der Waals surface area (Å²) in [5, 5.41) is 8.41. The summed E-state index contributed by atoms with van der Waals surface area (Å²) in [4.78, 5) is 36.9. The standard InChI is InChI=1S/C20H20FNO3S.C4H6O2.CH4/c1-12(23)25-18-10-14-11-22(9-8-17(14)26-18)19(20(24)13-6-7-13)15-4-2-3-5-16(15)21;1-2-3-4(5)6;/h2-5,10,13,19H,6-9,11H2,1H3;2-3H,1H3,(H,5,6);1H4/b;3-2-;. The molecule has 1 aliphatic heterocycles. The molecular weight excluding hydrogens is 445 g/mol. The number of nitrogens with zero attached hydrogens (tertiary/aromatic N) is 1. The van der Waals surface area contributed by atoms with E-state index in [0.29, 0.717) is 23.7 Å². The minimum Gasteiger partial charge on any atom is -0.478 e. The van der Waals surface area contributed by atoms with Crippen LogP contribution >= 0.6 is 11.3 Å². The fourth-order valence-corrected chi connectivity index (χ4v) is 4.75. The number of benzene rings is 1. The molecule has 33 heavy (non-hydrogen) atoms. The number of thiophene rings is 1. The molecule has 1 atom stereocenters. The average molecular weight is 476 g/mol. The molecule has 2 aliphatic rings. The number of aliphatic carboxylic acids is 1. The molecule has 1 saturated carbocycles. The average Bonchev–Trinajstić information content (AvgIpc) is 3.50. The van der Waals surface area contributed by atoms with Crippen LogP contribution in [0.1, 0.15) is 56.2 Å². The van der Waals surface area contributed by atoms with Gasteiger partial charge in [0.2, 0.25) is 0 Å². The maximum absolute atomic E-state index is 14.4. The van der Waals surface area contributed by atoms with Crippen LogP contribution in [0.15, 0.2) is 42.5 Å². The predicted octanol–water partition coefficient (Wildman–Crippen LogP) is 5.17. The lowest BCUT2D eigenvalue weighted by Gasteiger charge is -2.34. The molecular formula is C25H30FNO5S. The Labute approximate surface area is 197 Å². The van der Waals surface area contributed by atoms with Crippen LogP contribution in [-0.4, -0.2) is 34.3 Å². The topological polar surface area (TPSA) is 83.9 Å². The SMILES string of the molecule is C.C/C=C\C(=O)O.CC(=O)Oc1cc2c(s1)CCN(C(C(=O)C1CC1)c1ccccc1F)C2. The number of carbonyl (C=O) groups is 3. The molecule has 1 aromatic carbocycles. The monoisotopic (exact) mass is 475 g/mol. The Morgan fingerprint density at radius 2 is 1.97 bits per heavy atom. The molecule has 1 N–H and O–H groups in total. The van der Waals surface area contributed by atoms with Crippen LogP contribution in [0, 0.1) is 11.7 Å². The van der Waals surface area contributed by atoms with Crippen LogP contribution in [0.2, 0.25) is 0 Å². The maximum atomic E-state index is 14.4. The van der Waals surface area contributed by atoms with E-state index < -0.39 is 12.0 Å². The third-order valence-electron chi connectivity index (χ3n) is 5.24. The van der Waals surface area contributed by atoms with Crippen molar-refractivity contribution < 1.29 is 28.6 Å². The minimum atomic E-state index is -0.891. The lowest BCUT2D eigenvalue weighted by molar-refractivity contribution is -0.132. The first-order valence-electron chi connectivity index (χ1n) is 10.5. The fourth-order valence-electron chi connectivity index (χ4n) is 3.70. The highest BCUT2D eigenvalue weighted by Crippen LogP contribution is 2.41. The summed E-state index contributed by atoms with van der Waals surface area (Å²) in [5.74, 6) is -1.39. The molecule has 0 amide bonds. The molecule has 0 saturated heterocycles. The van der Waals surface area contributed by atoms with Gasteiger partial charge in [0.1, 0.15) is 5.82 Å². The van der Waals surface area contributed by atoms with Gasteiger partial charge in [0.15, 0.2) is 10.8 Å². The first-order chi connectivity index (χ1) is 15.3. The van der Waals surface area contributed by atoms with Gasteiger partial charge in [0.25, 0.3) is 0 Å². The van der Waals surface area contributed by atoms with Crippen LogP contribution in [0.5, 0.6) is 5.06 Å². The fraction of sp³-hybridized carbons (Fsp3) is 0.400. The molecule has 0 spiro atoms. The Bertz CT molecular complexity index is 1030. The molecule has 8 heteroatoms. The zero-order chi connectivity index (χ0) is 23.3. The van der Waals surface area contributed by atoms with Gasteiger partial charge in [-0.15, -0.1) is 11.3 Å². The van der Waals surface area contributed by atoms with Crippen molar-refractivity contribution >= 4 is 29.1 Å². The van der Waals surface area contributed by atoms with E-state index in [1.54, 1.807) is 25.1 Å². The number of hydrogen-bond donors (Lipinski definition) is 1. The number of rotatable bonds is 6. The summed E-state index contributed by atoms with van der Waals surface area (Å²) in [6, 6.07) is 7.89. The molecule has 4 rings (SSSR count). The second-order valence-electron chi connectivity index (χ2n) is 7.77. The van der Waals surface area contributed by atoms with Crippen LogP contribution in [0.3, 0.4) is 0 Å². The van der Waals surface area contributed by atoms with Crippen molar-refractivity contribution in [2.75, 3.05) is 6.54 Å². The number of Topliss-reactive ketones (excluding diaryl/α,β-unsaturated/α-hetero) is 1. The molecule has 1 fully saturated rings. The van der Waals surface area contributed by atoms with Crippen molar-refractivity contribution in [2.45, 2.75) is 53.1 Å². The van der Waals surface area contributed by atoms with Gasteiger partial charge < -0.3 is 9.84 Å². The van der Waals surface area contributed by atoms with E-state index in [2.05, 4.69) is 4.90 Å². The van der Waals surface area contributed by atoms with Crippen molar-refractivity contribution in [3.05, 3.63) is 64.3 Å². The third-order valence-corrected chi connectivity index (χ3v) is 6.36. The van der Waals surface area contributed by atoms with E-state index in [-0.39, 0.29) is 30.9 Å². The number of carboxylic acids is 1. The normalized spacial score (nSPS) is 16.1. The van der Waals surface area contributed by atoms with Gasteiger partial charge >= 0.3 is 11.9 Å². The molecule has 6 nitrogen and oxygen atoms in total. The highest BCUT2D eigenvalue weighted by Gasteiger charge is 2.40. The summed E-state index contributed by atoms with van der Waals surface area (Å²) in [5.41, 5.74) is 1.52. The lowest BCUT2D eigenvalue weighted by Crippen LogP contribution is -2.38. The highest BCUT2D eigenvalue weighted by molar-refractivity contribution is 7.14. The van der Waals surface area contributed by atoms with E-state index >= 15 is 0 Å². The quantitative estimate of drug-likeness (QED) is 0.458.